The van der Waals surface area contributed by atoms with E-state index in [4.69, 9.17) is 0 Å². The minimum absolute atomic E-state index is 1.31. The van der Waals surface area contributed by atoms with E-state index in [9.17, 15) is 0 Å². The third-order valence-corrected chi connectivity index (χ3v) is 5.23. The molecular formula is C36H44. The highest BCUT2D eigenvalue weighted by Crippen LogP contribution is 2.23. The van der Waals surface area contributed by atoms with Gasteiger partial charge in [-0.3, -0.25) is 0 Å². The zero-order valence-electron chi connectivity index (χ0n) is 23.5. The smallest absolute Gasteiger partial charge is 0.0178 e. The lowest BCUT2D eigenvalue weighted by Crippen LogP contribution is -1.74. The van der Waals surface area contributed by atoms with Gasteiger partial charge < -0.3 is 0 Å². The van der Waals surface area contributed by atoms with Gasteiger partial charge in [-0.1, -0.05) is 152 Å². The third kappa shape index (κ3) is 8.24. The van der Waals surface area contributed by atoms with Crippen LogP contribution in [0.3, 0.4) is 0 Å². The van der Waals surface area contributed by atoms with Crippen LogP contribution in [0.4, 0.5) is 0 Å². The molecule has 6 rings (SSSR count). The maximum Gasteiger partial charge on any atom is -0.0178 e. The first-order valence-electron chi connectivity index (χ1n) is 13.6. The Morgan fingerprint density at radius 1 is 0.222 bits per heavy atom. The Balaban J connectivity index is 0.000000283. The van der Waals surface area contributed by atoms with Gasteiger partial charge in [-0.25, -0.2) is 0 Å². The van der Waals surface area contributed by atoms with E-state index < -0.39 is 0 Å². The monoisotopic (exact) mass is 476 g/mol. The van der Waals surface area contributed by atoms with Crippen LogP contribution in [-0.4, -0.2) is 0 Å². The molecule has 0 fully saturated rings. The fourth-order valence-corrected chi connectivity index (χ4v) is 3.77. The van der Waals surface area contributed by atoms with E-state index in [0.29, 0.717) is 0 Å². The standard InChI is InChI=1S/2C14H10.4C2H6/c2*1-2-6-12-10-14-8-4-3-7-13(14)9-11(12)5-1;4*1-2/h2*1-10H;4*1-2H3. The predicted molar refractivity (Wildman–Crippen MR) is 168 cm³/mol. The number of rotatable bonds is 0. The molecule has 0 heterocycles. The van der Waals surface area contributed by atoms with Gasteiger partial charge in [0.05, 0.1) is 0 Å². The van der Waals surface area contributed by atoms with Crippen molar-refractivity contribution in [1.82, 2.24) is 0 Å². The molecule has 0 heteroatoms. The van der Waals surface area contributed by atoms with Gasteiger partial charge in [0.25, 0.3) is 0 Å². The Labute approximate surface area is 219 Å². The zero-order valence-corrected chi connectivity index (χ0v) is 23.5. The average Bonchev–Trinajstić information content (AvgIpc) is 2.99. The van der Waals surface area contributed by atoms with Crippen LogP contribution < -0.4 is 0 Å². The van der Waals surface area contributed by atoms with Crippen molar-refractivity contribution in [2.75, 3.05) is 0 Å². The maximum atomic E-state index is 2.24. The van der Waals surface area contributed by atoms with E-state index in [1.807, 2.05) is 55.4 Å². The first-order valence-corrected chi connectivity index (χ1v) is 13.6. The average molecular weight is 477 g/mol. The van der Waals surface area contributed by atoms with Crippen LogP contribution >= 0.6 is 0 Å². The van der Waals surface area contributed by atoms with Gasteiger partial charge in [-0.2, -0.15) is 0 Å². The van der Waals surface area contributed by atoms with Gasteiger partial charge in [0.15, 0.2) is 0 Å². The van der Waals surface area contributed by atoms with Gasteiger partial charge in [0.2, 0.25) is 0 Å². The van der Waals surface area contributed by atoms with E-state index in [0.717, 1.165) is 0 Å². The second-order valence-electron chi connectivity index (χ2n) is 7.09. The van der Waals surface area contributed by atoms with Gasteiger partial charge in [-0.05, 0) is 67.4 Å². The van der Waals surface area contributed by atoms with Crippen molar-refractivity contribution >= 4 is 43.1 Å². The molecule has 0 aliphatic heterocycles. The molecule has 0 N–H and O–H groups in total. The van der Waals surface area contributed by atoms with Crippen LogP contribution in [0.25, 0.3) is 43.1 Å². The molecule has 0 atom stereocenters. The zero-order chi connectivity index (χ0) is 26.8. The molecule has 0 saturated heterocycles. The van der Waals surface area contributed by atoms with Crippen molar-refractivity contribution in [2.24, 2.45) is 0 Å². The summed E-state index contributed by atoms with van der Waals surface area (Å²) in [5.41, 5.74) is 0. The lowest BCUT2D eigenvalue weighted by atomic mass is 10.0. The fraction of sp³-hybridized carbons (Fsp3) is 0.222. The Kier molecular flexibility index (Phi) is 15.0. The summed E-state index contributed by atoms with van der Waals surface area (Å²) in [6.45, 7) is 16.0. The molecule has 0 aliphatic rings. The largest absolute Gasteiger partial charge is 0.0683 e. The number of fused-ring (bicyclic) bond motifs is 4. The maximum absolute atomic E-state index is 2.24. The molecule has 188 valence electrons. The summed E-state index contributed by atoms with van der Waals surface area (Å²) in [5.74, 6) is 0. The Morgan fingerprint density at radius 2 is 0.333 bits per heavy atom. The molecule has 36 heavy (non-hydrogen) atoms. The minimum atomic E-state index is 1.31. The molecular weight excluding hydrogens is 432 g/mol. The molecule has 0 radical (unpaired) electrons. The third-order valence-electron chi connectivity index (χ3n) is 5.23. The minimum Gasteiger partial charge on any atom is -0.0683 e. The van der Waals surface area contributed by atoms with E-state index in [2.05, 4.69) is 121 Å². The van der Waals surface area contributed by atoms with Crippen LogP contribution in [0, 0.1) is 0 Å². The van der Waals surface area contributed by atoms with Crippen LogP contribution in [-0.2, 0) is 0 Å². The topological polar surface area (TPSA) is 0 Å². The Bertz CT molecular complexity index is 1090. The summed E-state index contributed by atoms with van der Waals surface area (Å²) in [4.78, 5) is 0. The molecule has 0 aromatic heterocycles. The second-order valence-corrected chi connectivity index (χ2v) is 7.09. The van der Waals surface area contributed by atoms with Gasteiger partial charge >= 0.3 is 0 Å². The van der Waals surface area contributed by atoms with Crippen molar-refractivity contribution in [2.45, 2.75) is 55.4 Å². The van der Waals surface area contributed by atoms with Crippen LogP contribution in [0.15, 0.2) is 121 Å². The van der Waals surface area contributed by atoms with Crippen molar-refractivity contribution < 1.29 is 0 Å². The molecule has 0 amide bonds. The van der Waals surface area contributed by atoms with Crippen molar-refractivity contribution in [3.63, 3.8) is 0 Å². The molecule has 0 aliphatic carbocycles. The molecule has 0 spiro atoms. The van der Waals surface area contributed by atoms with E-state index >= 15 is 0 Å². The summed E-state index contributed by atoms with van der Waals surface area (Å²) in [5, 5.41) is 10.5. The summed E-state index contributed by atoms with van der Waals surface area (Å²) < 4.78 is 0. The lowest BCUT2D eigenvalue weighted by molar-refractivity contribution is 1.50. The SMILES string of the molecule is CC.CC.CC.CC.c1ccc2cc3ccccc3cc2c1.c1ccc2cc3ccccc3cc2c1. The Morgan fingerprint density at radius 3 is 0.444 bits per heavy atom. The summed E-state index contributed by atoms with van der Waals surface area (Å²) in [7, 11) is 0. The fourth-order valence-electron chi connectivity index (χ4n) is 3.77. The van der Waals surface area contributed by atoms with E-state index in [1.54, 1.807) is 0 Å². The predicted octanol–water partition coefficient (Wildman–Crippen LogP) is 12.1. The molecule has 0 nitrogen and oxygen atoms in total. The highest BCUT2D eigenvalue weighted by atomic mass is 14.0. The first-order chi connectivity index (χ1) is 17.9. The van der Waals surface area contributed by atoms with Crippen LogP contribution in [0.1, 0.15) is 55.4 Å². The number of hydrogen-bond donors (Lipinski definition) is 0. The number of hydrogen-bond acceptors (Lipinski definition) is 0. The molecule has 0 saturated carbocycles. The van der Waals surface area contributed by atoms with Crippen molar-refractivity contribution in [1.29, 1.82) is 0 Å². The molecule has 0 unspecified atom stereocenters. The van der Waals surface area contributed by atoms with Crippen molar-refractivity contribution in [3.05, 3.63) is 121 Å². The van der Waals surface area contributed by atoms with Crippen LogP contribution in [0.5, 0.6) is 0 Å². The number of benzene rings is 6. The molecule has 0 bridgehead atoms. The highest BCUT2D eigenvalue weighted by Gasteiger charge is 1.96. The highest BCUT2D eigenvalue weighted by molar-refractivity contribution is 5.99. The normalized spacial score (nSPS) is 9.11. The lowest BCUT2D eigenvalue weighted by Gasteiger charge is -2.00. The van der Waals surface area contributed by atoms with E-state index in [1.165, 1.54) is 43.1 Å². The van der Waals surface area contributed by atoms with Crippen molar-refractivity contribution in [3.8, 4) is 0 Å². The summed E-state index contributed by atoms with van der Waals surface area (Å²) >= 11 is 0. The first kappa shape index (κ1) is 30.4. The van der Waals surface area contributed by atoms with Gasteiger partial charge in [0.1, 0.15) is 0 Å². The Hall–Kier alpha value is -3.64. The molecule has 6 aromatic carbocycles. The van der Waals surface area contributed by atoms with E-state index in [-0.39, 0.29) is 0 Å². The summed E-state index contributed by atoms with van der Waals surface area (Å²) in [6, 6.07) is 42.8. The molecule has 6 aromatic rings. The van der Waals surface area contributed by atoms with Gasteiger partial charge in [0, 0.05) is 0 Å². The quantitative estimate of drug-likeness (QED) is 0.191. The second kappa shape index (κ2) is 17.7. The van der Waals surface area contributed by atoms with Gasteiger partial charge in [-0.15, -0.1) is 0 Å². The van der Waals surface area contributed by atoms with Crippen LogP contribution in [0.2, 0.25) is 0 Å². The summed E-state index contributed by atoms with van der Waals surface area (Å²) in [6.07, 6.45) is 0.